The minimum atomic E-state index is -4.08. The number of nitrogens with one attached hydrogen (secondary N) is 1. The number of rotatable bonds is 11. The number of carbonyl (C=O) groups is 2. The Morgan fingerprint density at radius 2 is 1.39 bits per heavy atom. The van der Waals surface area contributed by atoms with E-state index in [1.54, 1.807) is 18.2 Å². The molecule has 0 saturated carbocycles. The highest BCUT2D eigenvalue weighted by Gasteiger charge is 2.30. The van der Waals surface area contributed by atoms with Gasteiger partial charge in [0.2, 0.25) is 0 Å². The van der Waals surface area contributed by atoms with Gasteiger partial charge in [-0.1, -0.05) is 20.8 Å². The Balaban J connectivity index is 0.000000255. The van der Waals surface area contributed by atoms with Gasteiger partial charge in [0.1, 0.15) is 14.4 Å². The lowest BCUT2D eigenvalue weighted by Crippen LogP contribution is -2.45. The summed E-state index contributed by atoms with van der Waals surface area (Å²) in [6, 6.07) is 10.0. The second kappa shape index (κ2) is 17.3. The number of carboxylic acid groups (broad SMARTS) is 2. The molecule has 1 atom stereocenters. The van der Waals surface area contributed by atoms with Gasteiger partial charge in [-0.2, -0.15) is 0 Å². The van der Waals surface area contributed by atoms with Crippen molar-refractivity contribution in [1.82, 2.24) is 33.1 Å². The lowest BCUT2D eigenvalue weighted by molar-refractivity contribution is 0.101. The molecule has 5 rings (SSSR count). The first-order chi connectivity index (χ1) is 26.0. The fraction of sp³-hybridized carbons (Fsp3) is 0.324. The molecule has 0 radical (unpaired) electrons. The van der Waals surface area contributed by atoms with Crippen molar-refractivity contribution in [2.45, 2.75) is 75.8 Å². The smallest absolute Gasteiger partial charge is 0.407 e. The Bertz CT molecular complexity index is 2380. The molecule has 15 nitrogen and oxygen atoms in total. The largest absolute Gasteiger partial charge is 0.465 e. The van der Waals surface area contributed by atoms with Crippen LogP contribution in [0.4, 0.5) is 14.0 Å². The molecule has 1 unspecified atom stereocenters. The molecule has 3 N–H and O–H groups in total. The summed E-state index contributed by atoms with van der Waals surface area (Å²) >= 11 is 3.26. The maximum atomic E-state index is 14.5. The zero-order chi connectivity index (χ0) is 41.6. The number of aromatic nitrogens is 5. The van der Waals surface area contributed by atoms with E-state index in [0.717, 1.165) is 19.7 Å². The van der Waals surface area contributed by atoms with Crippen molar-refractivity contribution in [3.63, 3.8) is 0 Å². The van der Waals surface area contributed by atoms with Crippen LogP contribution in [-0.2, 0) is 32.9 Å². The fourth-order valence-electron chi connectivity index (χ4n) is 5.52. The summed E-state index contributed by atoms with van der Waals surface area (Å²) in [7, 11) is -7.83. The van der Waals surface area contributed by atoms with Crippen LogP contribution >= 0.6 is 15.9 Å². The van der Waals surface area contributed by atoms with Crippen molar-refractivity contribution in [3.05, 3.63) is 114 Å². The number of hydrogen-bond donors (Lipinski definition) is 3. The van der Waals surface area contributed by atoms with Crippen molar-refractivity contribution in [2.24, 2.45) is 5.41 Å². The quantitative estimate of drug-likeness (QED) is 0.127. The molecule has 0 bridgehead atoms. The number of hydrogen-bond acceptors (Lipinski definition) is 9. The van der Waals surface area contributed by atoms with Gasteiger partial charge in [-0.05, 0) is 109 Å². The van der Waals surface area contributed by atoms with Gasteiger partial charge in [0.15, 0.2) is 5.82 Å². The highest BCUT2D eigenvalue weighted by molar-refractivity contribution is 9.10. The Kier molecular flexibility index (Phi) is 13.5. The van der Waals surface area contributed by atoms with E-state index >= 15 is 0 Å². The van der Waals surface area contributed by atoms with Crippen LogP contribution in [0.5, 0.6) is 0 Å². The van der Waals surface area contributed by atoms with Crippen LogP contribution in [0.15, 0.2) is 106 Å². The normalized spacial score (nSPS) is 12.6. The van der Waals surface area contributed by atoms with Crippen molar-refractivity contribution >= 4 is 48.2 Å². The second-order valence-electron chi connectivity index (χ2n) is 14.7. The van der Waals surface area contributed by atoms with E-state index in [1.807, 2.05) is 41.5 Å². The lowest BCUT2D eigenvalue weighted by Gasteiger charge is -2.33. The minimum absolute atomic E-state index is 0.0519. The van der Waals surface area contributed by atoms with Gasteiger partial charge in [0.05, 0.1) is 11.9 Å². The van der Waals surface area contributed by atoms with Crippen LogP contribution in [0.3, 0.4) is 0 Å². The zero-order valence-corrected chi connectivity index (χ0v) is 34.7. The maximum absolute atomic E-state index is 14.5. The van der Waals surface area contributed by atoms with E-state index < -0.39 is 55.0 Å². The molecule has 0 aliphatic heterocycles. The molecule has 0 aromatic carbocycles. The first kappa shape index (κ1) is 43.6. The molecule has 56 heavy (non-hydrogen) atoms. The molecule has 5 aromatic rings. The van der Waals surface area contributed by atoms with E-state index in [1.165, 1.54) is 72.5 Å². The Labute approximate surface area is 333 Å². The average Bonchev–Trinajstić information content (AvgIpc) is 3.72. The molecule has 19 heteroatoms. The van der Waals surface area contributed by atoms with Crippen LogP contribution in [-0.4, -0.2) is 85.2 Å². The molecule has 2 amide bonds. The van der Waals surface area contributed by atoms with Gasteiger partial charge < -0.3 is 20.4 Å². The predicted octanol–water partition coefficient (Wildman–Crippen LogP) is 6.75. The molecule has 0 fully saturated rings. The maximum Gasteiger partial charge on any atom is 0.407 e. The average molecular weight is 877 g/mol. The van der Waals surface area contributed by atoms with Gasteiger partial charge in [0.25, 0.3) is 20.0 Å². The molecule has 0 saturated heterocycles. The number of amides is 2. The SMILES string of the molecule is CC(C)(C)C(Cc1cc(-c2ccncc2F)n(S(=O)(=O)c2cccnc2)c1)NC(=O)O.CC(C)(C)N(CCc1cc(Br)n(S(=O)(=O)c2cccnc2)c1)C(=O)O. The van der Waals surface area contributed by atoms with E-state index in [4.69, 9.17) is 0 Å². The molecule has 5 aromatic heterocycles. The zero-order valence-electron chi connectivity index (χ0n) is 31.5. The number of halogens is 2. The molecule has 0 aliphatic carbocycles. The van der Waals surface area contributed by atoms with E-state index in [0.29, 0.717) is 16.6 Å². The summed E-state index contributed by atoms with van der Waals surface area (Å²) in [5, 5.41) is 21.0. The monoisotopic (exact) mass is 875 g/mol. The van der Waals surface area contributed by atoms with E-state index in [9.17, 15) is 41.0 Å². The Morgan fingerprint density at radius 3 is 1.88 bits per heavy atom. The third-order valence-electron chi connectivity index (χ3n) is 8.52. The van der Waals surface area contributed by atoms with Gasteiger partial charge in [-0.25, -0.2) is 38.8 Å². The summed E-state index contributed by atoms with van der Waals surface area (Å²) in [5.74, 6) is -0.675. The molecular formula is C37H43BrFN7O8S2. The van der Waals surface area contributed by atoms with Crippen LogP contribution in [0.25, 0.3) is 11.3 Å². The lowest BCUT2D eigenvalue weighted by atomic mass is 9.83. The summed E-state index contributed by atoms with van der Waals surface area (Å²) in [4.78, 5) is 35.4. The number of nitrogens with zero attached hydrogens (tertiary/aromatic N) is 6. The summed E-state index contributed by atoms with van der Waals surface area (Å²) in [6.07, 6.45) is 9.15. The van der Waals surface area contributed by atoms with Gasteiger partial charge >= 0.3 is 12.2 Å². The van der Waals surface area contributed by atoms with E-state index in [-0.39, 0.29) is 34.0 Å². The first-order valence-electron chi connectivity index (χ1n) is 17.0. The molecular weight excluding hydrogens is 833 g/mol. The van der Waals surface area contributed by atoms with Gasteiger partial charge in [0, 0.05) is 67.1 Å². The summed E-state index contributed by atoms with van der Waals surface area (Å²) in [5.41, 5.74) is 0.453. The highest BCUT2D eigenvalue weighted by atomic mass is 79.9. The van der Waals surface area contributed by atoms with Crippen molar-refractivity contribution in [1.29, 1.82) is 0 Å². The first-order valence-corrected chi connectivity index (χ1v) is 20.7. The van der Waals surface area contributed by atoms with Crippen LogP contribution in [0, 0.1) is 11.2 Å². The van der Waals surface area contributed by atoms with Crippen LogP contribution in [0.2, 0.25) is 0 Å². The van der Waals surface area contributed by atoms with Crippen molar-refractivity contribution in [3.8, 4) is 11.3 Å². The minimum Gasteiger partial charge on any atom is -0.465 e. The molecule has 0 aliphatic rings. The summed E-state index contributed by atoms with van der Waals surface area (Å²) in [6.45, 7) is 11.3. The molecule has 300 valence electrons. The predicted molar refractivity (Wildman–Crippen MR) is 210 cm³/mol. The van der Waals surface area contributed by atoms with E-state index in [2.05, 4.69) is 36.2 Å². The van der Waals surface area contributed by atoms with Crippen molar-refractivity contribution < 1.29 is 41.0 Å². The fourth-order valence-corrected chi connectivity index (χ4v) is 9.07. The Hall–Kier alpha value is -5.14. The van der Waals surface area contributed by atoms with Crippen molar-refractivity contribution in [2.75, 3.05) is 6.54 Å². The van der Waals surface area contributed by atoms with Gasteiger partial charge in [-0.3, -0.25) is 15.0 Å². The second-order valence-corrected chi connectivity index (χ2v) is 19.1. The summed E-state index contributed by atoms with van der Waals surface area (Å²) < 4.78 is 68.9. The topological polar surface area (TPSA) is 207 Å². The van der Waals surface area contributed by atoms with Crippen LogP contribution in [0.1, 0.15) is 52.7 Å². The number of pyridine rings is 3. The Morgan fingerprint density at radius 1 is 0.839 bits per heavy atom. The van der Waals surface area contributed by atoms with Crippen LogP contribution < -0.4 is 5.32 Å². The third-order valence-corrected chi connectivity index (χ3v) is 12.7. The van der Waals surface area contributed by atoms with Gasteiger partial charge in [-0.15, -0.1) is 0 Å². The molecule has 0 spiro atoms. The highest BCUT2D eigenvalue weighted by Crippen LogP contribution is 2.31. The third kappa shape index (κ3) is 10.6. The standard InChI is InChI=1S/C21H23FN4O4S.C16H20BrN3O4S/c1-21(2,3)19(25-20(27)28)10-14-9-18(16-6-8-24-12-17(16)22)26(13-14)31(29,30)15-5-4-7-23-11-15;1-16(2,3)19(15(21)22)8-6-12-9-14(17)20(11-12)25(23,24)13-5-4-7-18-10-13/h4-9,11-13,19,25H,10H2,1-3H3,(H,27,28);4-5,7,9-11H,6,8H2,1-3H3,(H,21,22). The molecule has 5 heterocycles.